The molecule has 0 saturated heterocycles. The first-order valence-electron chi connectivity index (χ1n) is 6.39. The Hall–Kier alpha value is -1.96. The third-order valence-electron chi connectivity index (χ3n) is 3.69. The van der Waals surface area contributed by atoms with Crippen molar-refractivity contribution in [1.29, 1.82) is 0 Å². The van der Waals surface area contributed by atoms with Gasteiger partial charge in [-0.25, -0.2) is 0 Å². The summed E-state index contributed by atoms with van der Waals surface area (Å²) in [6, 6.07) is 11.6. The lowest BCUT2D eigenvalue weighted by molar-refractivity contribution is 0.103. The van der Waals surface area contributed by atoms with Gasteiger partial charge in [0.2, 0.25) is 0 Å². The molecule has 1 aliphatic carbocycles. The number of ketones is 1. The van der Waals surface area contributed by atoms with Crippen LogP contribution in [-0.2, 0) is 0 Å². The first-order valence-corrected chi connectivity index (χ1v) is 6.39. The Morgan fingerprint density at radius 1 is 0.944 bits per heavy atom. The molecule has 1 heterocycles. The van der Waals surface area contributed by atoms with Crippen LogP contribution in [0.15, 0.2) is 48.8 Å². The van der Waals surface area contributed by atoms with Crippen molar-refractivity contribution in [2.75, 3.05) is 0 Å². The van der Waals surface area contributed by atoms with Gasteiger partial charge in [0.15, 0.2) is 5.78 Å². The van der Waals surface area contributed by atoms with Crippen LogP contribution in [0.4, 0.5) is 0 Å². The summed E-state index contributed by atoms with van der Waals surface area (Å²) < 4.78 is 0. The summed E-state index contributed by atoms with van der Waals surface area (Å²) in [6.45, 7) is 0. The van der Waals surface area contributed by atoms with Gasteiger partial charge in [0.25, 0.3) is 0 Å². The lowest BCUT2D eigenvalue weighted by Crippen LogP contribution is -2.09. The number of hydrogen-bond donors (Lipinski definition) is 0. The summed E-state index contributed by atoms with van der Waals surface area (Å²) >= 11 is 0. The molecule has 0 amide bonds. The third-order valence-corrected chi connectivity index (χ3v) is 3.69. The normalized spacial score (nSPS) is 15.1. The quantitative estimate of drug-likeness (QED) is 0.764. The van der Waals surface area contributed by atoms with Crippen LogP contribution in [0.5, 0.6) is 0 Å². The van der Waals surface area contributed by atoms with Crippen molar-refractivity contribution < 1.29 is 4.79 Å². The summed E-state index contributed by atoms with van der Waals surface area (Å²) in [4.78, 5) is 16.1. The van der Waals surface area contributed by atoms with Crippen molar-refractivity contribution in [2.45, 2.75) is 25.2 Å². The van der Waals surface area contributed by atoms with Gasteiger partial charge in [-0.2, -0.15) is 0 Å². The van der Waals surface area contributed by atoms with E-state index in [1.807, 2.05) is 12.1 Å². The molecule has 1 fully saturated rings. The zero-order valence-corrected chi connectivity index (χ0v) is 10.2. The molecule has 0 bridgehead atoms. The average Bonchev–Trinajstić information content (AvgIpc) is 2.38. The van der Waals surface area contributed by atoms with Gasteiger partial charge >= 0.3 is 0 Å². The van der Waals surface area contributed by atoms with Gasteiger partial charge < -0.3 is 0 Å². The molecule has 1 aromatic carbocycles. The Balaban J connectivity index is 1.82. The first-order chi connectivity index (χ1) is 8.84. The number of hydrogen-bond acceptors (Lipinski definition) is 2. The van der Waals surface area contributed by atoms with E-state index in [-0.39, 0.29) is 5.78 Å². The second kappa shape index (κ2) is 4.73. The van der Waals surface area contributed by atoms with E-state index >= 15 is 0 Å². The molecule has 3 rings (SSSR count). The van der Waals surface area contributed by atoms with Crippen LogP contribution < -0.4 is 0 Å². The minimum Gasteiger partial charge on any atom is -0.289 e. The summed E-state index contributed by atoms with van der Waals surface area (Å²) in [5.74, 6) is 0.785. The highest BCUT2D eigenvalue weighted by Gasteiger charge is 2.19. The van der Waals surface area contributed by atoms with E-state index in [1.165, 1.54) is 24.8 Å². The minimum atomic E-state index is 0.0672. The lowest BCUT2D eigenvalue weighted by Gasteiger charge is -2.25. The first kappa shape index (κ1) is 11.1. The molecule has 1 saturated carbocycles. The highest BCUT2D eigenvalue weighted by atomic mass is 16.1. The maximum Gasteiger partial charge on any atom is 0.193 e. The van der Waals surface area contributed by atoms with Gasteiger partial charge in [-0.15, -0.1) is 0 Å². The van der Waals surface area contributed by atoms with E-state index in [1.54, 1.807) is 24.5 Å². The van der Waals surface area contributed by atoms with Crippen LogP contribution in [0.1, 0.15) is 46.7 Å². The number of benzene rings is 1. The van der Waals surface area contributed by atoms with Gasteiger partial charge in [-0.05, 0) is 36.5 Å². The Morgan fingerprint density at radius 2 is 1.56 bits per heavy atom. The van der Waals surface area contributed by atoms with Crippen molar-refractivity contribution in [3.63, 3.8) is 0 Å². The van der Waals surface area contributed by atoms with Crippen molar-refractivity contribution in [1.82, 2.24) is 4.98 Å². The molecule has 2 aromatic rings. The topological polar surface area (TPSA) is 30.0 Å². The molecule has 0 radical (unpaired) electrons. The SMILES string of the molecule is O=C(c1ccncc1)c1ccc(C2CCC2)cc1. The van der Waals surface area contributed by atoms with Crippen LogP contribution in [0.3, 0.4) is 0 Å². The zero-order chi connectivity index (χ0) is 12.4. The molecule has 0 atom stereocenters. The van der Waals surface area contributed by atoms with E-state index in [0.29, 0.717) is 5.56 Å². The fraction of sp³-hybridized carbons (Fsp3) is 0.250. The Bertz CT molecular complexity index is 541. The van der Waals surface area contributed by atoms with Gasteiger partial charge in [-0.1, -0.05) is 30.7 Å². The predicted molar refractivity (Wildman–Crippen MR) is 70.7 cm³/mol. The van der Waals surface area contributed by atoms with Gasteiger partial charge in [0.1, 0.15) is 0 Å². The Kier molecular flexibility index (Phi) is 2.93. The second-order valence-corrected chi connectivity index (χ2v) is 4.81. The second-order valence-electron chi connectivity index (χ2n) is 4.81. The molecule has 2 nitrogen and oxygen atoms in total. The summed E-state index contributed by atoms with van der Waals surface area (Å²) in [7, 11) is 0. The number of aromatic nitrogens is 1. The maximum atomic E-state index is 12.2. The summed E-state index contributed by atoms with van der Waals surface area (Å²) in [5.41, 5.74) is 2.82. The highest BCUT2D eigenvalue weighted by Crippen LogP contribution is 2.36. The molecular weight excluding hydrogens is 222 g/mol. The fourth-order valence-electron chi connectivity index (χ4n) is 2.32. The van der Waals surface area contributed by atoms with E-state index in [4.69, 9.17) is 0 Å². The minimum absolute atomic E-state index is 0.0672. The number of nitrogens with zero attached hydrogens (tertiary/aromatic N) is 1. The van der Waals surface area contributed by atoms with Gasteiger partial charge in [-0.3, -0.25) is 9.78 Å². The summed E-state index contributed by atoms with van der Waals surface area (Å²) in [5, 5.41) is 0. The van der Waals surface area contributed by atoms with E-state index in [2.05, 4.69) is 17.1 Å². The maximum absolute atomic E-state index is 12.2. The molecule has 0 unspecified atom stereocenters. The van der Waals surface area contributed by atoms with Crippen LogP contribution >= 0.6 is 0 Å². The monoisotopic (exact) mass is 237 g/mol. The molecule has 18 heavy (non-hydrogen) atoms. The smallest absolute Gasteiger partial charge is 0.193 e. The number of pyridine rings is 1. The van der Waals surface area contributed by atoms with Gasteiger partial charge in [0, 0.05) is 23.5 Å². The van der Waals surface area contributed by atoms with Crippen LogP contribution in [0.25, 0.3) is 0 Å². The number of carbonyl (C=O) groups excluding carboxylic acids is 1. The van der Waals surface area contributed by atoms with E-state index < -0.39 is 0 Å². The third kappa shape index (κ3) is 2.06. The van der Waals surface area contributed by atoms with E-state index in [0.717, 1.165) is 11.5 Å². The highest BCUT2D eigenvalue weighted by molar-refractivity contribution is 6.08. The van der Waals surface area contributed by atoms with Crippen LogP contribution in [0.2, 0.25) is 0 Å². The Morgan fingerprint density at radius 3 is 2.11 bits per heavy atom. The van der Waals surface area contributed by atoms with Crippen molar-refractivity contribution >= 4 is 5.78 Å². The molecule has 0 spiro atoms. The molecule has 90 valence electrons. The predicted octanol–water partition coefficient (Wildman–Crippen LogP) is 3.58. The fourth-order valence-corrected chi connectivity index (χ4v) is 2.32. The molecule has 2 heteroatoms. The van der Waals surface area contributed by atoms with Gasteiger partial charge in [0.05, 0.1) is 0 Å². The Labute approximate surface area is 107 Å². The van der Waals surface area contributed by atoms with Crippen molar-refractivity contribution in [3.8, 4) is 0 Å². The summed E-state index contributed by atoms with van der Waals surface area (Å²) in [6.07, 6.45) is 7.21. The van der Waals surface area contributed by atoms with Crippen molar-refractivity contribution in [3.05, 3.63) is 65.5 Å². The number of carbonyl (C=O) groups is 1. The largest absolute Gasteiger partial charge is 0.289 e. The molecule has 1 aliphatic rings. The lowest BCUT2D eigenvalue weighted by atomic mass is 9.80. The number of rotatable bonds is 3. The molecular formula is C16H15NO. The molecule has 0 N–H and O–H groups in total. The van der Waals surface area contributed by atoms with Crippen LogP contribution in [-0.4, -0.2) is 10.8 Å². The standard InChI is InChI=1S/C16H15NO/c18-16(15-8-10-17-11-9-15)14-6-4-13(5-7-14)12-2-1-3-12/h4-12H,1-3H2. The van der Waals surface area contributed by atoms with E-state index in [9.17, 15) is 4.79 Å². The molecule has 0 aliphatic heterocycles. The zero-order valence-electron chi connectivity index (χ0n) is 10.2. The molecule has 1 aromatic heterocycles. The van der Waals surface area contributed by atoms with Crippen LogP contribution in [0, 0.1) is 0 Å². The van der Waals surface area contributed by atoms with Crippen molar-refractivity contribution in [2.24, 2.45) is 0 Å². The average molecular weight is 237 g/mol.